The molecular formula is C11H15NO2S. The second-order valence-electron chi connectivity index (χ2n) is 4.03. The lowest BCUT2D eigenvalue weighted by Crippen LogP contribution is -2.25. The lowest BCUT2D eigenvalue weighted by atomic mass is 10.1. The van der Waals surface area contributed by atoms with Crippen LogP contribution in [-0.4, -0.2) is 20.7 Å². The van der Waals surface area contributed by atoms with Crippen molar-refractivity contribution in [2.45, 2.75) is 20.3 Å². The third kappa shape index (κ3) is 1.86. The lowest BCUT2D eigenvalue weighted by molar-refractivity contribution is 0.599. The maximum Gasteiger partial charge on any atom is 0.235 e. The molecule has 1 aliphatic rings. The van der Waals surface area contributed by atoms with Crippen LogP contribution in [0.25, 0.3) is 0 Å². The highest BCUT2D eigenvalue weighted by molar-refractivity contribution is 7.93. The van der Waals surface area contributed by atoms with Gasteiger partial charge in [-0.05, 0) is 37.5 Å². The summed E-state index contributed by atoms with van der Waals surface area (Å²) < 4.78 is 25.0. The van der Waals surface area contributed by atoms with Crippen LogP contribution >= 0.6 is 0 Å². The molecule has 0 unspecified atom stereocenters. The standard InChI is InChI=1S/C11H15NO2S/c1-9-4-5-10(2)11(8-9)12-6-3-7-15(12,13)14/h4-5,8H,3,6-7H2,1-2H3. The molecule has 0 spiro atoms. The predicted molar refractivity (Wildman–Crippen MR) is 61.7 cm³/mol. The van der Waals surface area contributed by atoms with Crippen molar-refractivity contribution >= 4 is 15.7 Å². The first kappa shape index (κ1) is 10.5. The lowest BCUT2D eigenvalue weighted by Gasteiger charge is -2.19. The van der Waals surface area contributed by atoms with Crippen LogP contribution in [0.1, 0.15) is 17.5 Å². The Balaban J connectivity index is 2.50. The number of hydrogen-bond acceptors (Lipinski definition) is 2. The van der Waals surface area contributed by atoms with Gasteiger partial charge in [-0.15, -0.1) is 0 Å². The molecule has 1 fully saturated rings. The average molecular weight is 225 g/mol. The molecule has 4 heteroatoms. The molecule has 3 nitrogen and oxygen atoms in total. The highest BCUT2D eigenvalue weighted by Gasteiger charge is 2.29. The molecule has 0 amide bonds. The van der Waals surface area contributed by atoms with Gasteiger partial charge < -0.3 is 0 Å². The van der Waals surface area contributed by atoms with Crippen molar-refractivity contribution in [2.75, 3.05) is 16.6 Å². The van der Waals surface area contributed by atoms with E-state index in [1.54, 1.807) is 0 Å². The van der Waals surface area contributed by atoms with Gasteiger partial charge in [0.2, 0.25) is 10.0 Å². The van der Waals surface area contributed by atoms with Crippen LogP contribution in [0.5, 0.6) is 0 Å². The zero-order valence-corrected chi connectivity index (χ0v) is 9.84. The molecule has 0 aromatic heterocycles. The Bertz CT molecular complexity index is 479. The van der Waals surface area contributed by atoms with Gasteiger partial charge in [-0.2, -0.15) is 0 Å². The highest BCUT2D eigenvalue weighted by Crippen LogP contribution is 2.27. The Kier molecular flexibility index (Phi) is 2.46. The molecule has 1 saturated heterocycles. The van der Waals surface area contributed by atoms with E-state index in [1.165, 1.54) is 4.31 Å². The zero-order valence-electron chi connectivity index (χ0n) is 9.03. The van der Waals surface area contributed by atoms with Crippen LogP contribution in [0.3, 0.4) is 0 Å². The van der Waals surface area contributed by atoms with E-state index in [-0.39, 0.29) is 5.75 Å². The number of nitrogens with zero attached hydrogens (tertiary/aromatic N) is 1. The summed E-state index contributed by atoms with van der Waals surface area (Å²) in [6.45, 7) is 4.54. The van der Waals surface area contributed by atoms with E-state index < -0.39 is 10.0 Å². The molecule has 0 N–H and O–H groups in total. The second kappa shape index (κ2) is 3.52. The fourth-order valence-corrected chi connectivity index (χ4v) is 3.52. The summed E-state index contributed by atoms with van der Waals surface area (Å²) in [6.07, 6.45) is 0.732. The fraction of sp³-hybridized carbons (Fsp3) is 0.455. The van der Waals surface area contributed by atoms with Crippen molar-refractivity contribution in [3.05, 3.63) is 29.3 Å². The van der Waals surface area contributed by atoms with E-state index in [0.717, 1.165) is 23.2 Å². The van der Waals surface area contributed by atoms with Crippen molar-refractivity contribution in [3.63, 3.8) is 0 Å². The minimum Gasteiger partial charge on any atom is -0.270 e. The number of benzene rings is 1. The molecule has 1 heterocycles. The van der Waals surface area contributed by atoms with Gasteiger partial charge >= 0.3 is 0 Å². The van der Waals surface area contributed by atoms with Crippen LogP contribution in [0.15, 0.2) is 18.2 Å². The Hall–Kier alpha value is -1.03. The fourth-order valence-electron chi connectivity index (χ4n) is 1.90. The van der Waals surface area contributed by atoms with Crippen LogP contribution in [-0.2, 0) is 10.0 Å². The van der Waals surface area contributed by atoms with Crippen molar-refractivity contribution in [2.24, 2.45) is 0 Å². The van der Waals surface area contributed by atoms with E-state index in [0.29, 0.717) is 6.54 Å². The summed E-state index contributed by atoms with van der Waals surface area (Å²) in [5, 5.41) is 0. The molecule has 0 saturated carbocycles. The molecule has 0 bridgehead atoms. The first-order valence-corrected chi connectivity index (χ1v) is 6.69. The van der Waals surface area contributed by atoms with Gasteiger partial charge in [0, 0.05) is 6.54 Å². The molecular weight excluding hydrogens is 210 g/mol. The van der Waals surface area contributed by atoms with Crippen molar-refractivity contribution in [3.8, 4) is 0 Å². The number of aryl methyl sites for hydroxylation is 2. The maximum absolute atomic E-state index is 11.8. The van der Waals surface area contributed by atoms with Crippen LogP contribution in [0, 0.1) is 13.8 Å². The predicted octanol–water partition coefficient (Wildman–Crippen LogP) is 1.84. The Morgan fingerprint density at radius 2 is 2.00 bits per heavy atom. The third-order valence-corrected chi connectivity index (χ3v) is 4.59. The van der Waals surface area contributed by atoms with Crippen LogP contribution in [0.2, 0.25) is 0 Å². The number of rotatable bonds is 1. The molecule has 1 aromatic rings. The maximum atomic E-state index is 11.8. The van der Waals surface area contributed by atoms with Crippen molar-refractivity contribution in [1.82, 2.24) is 0 Å². The van der Waals surface area contributed by atoms with Gasteiger partial charge in [0.15, 0.2) is 0 Å². The van der Waals surface area contributed by atoms with E-state index in [2.05, 4.69) is 0 Å². The van der Waals surface area contributed by atoms with Crippen LogP contribution < -0.4 is 4.31 Å². The monoisotopic (exact) mass is 225 g/mol. The summed E-state index contributed by atoms with van der Waals surface area (Å²) >= 11 is 0. The number of anilines is 1. The minimum atomic E-state index is -3.05. The summed E-state index contributed by atoms with van der Waals surface area (Å²) in [6, 6.07) is 5.91. The van der Waals surface area contributed by atoms with E-state index in [9.17, 15) is 8.42 Å². The highest BCUT2D eigenvalue weighted by atomic mass is 32.2. The van der Waals surface area contributed by atoms with Crippen molar-refractivity contribution < 1.29 is 8.42 Å². The first-order valence-electron chi connectivity index (χ1n) is 5.08. The van der Waals surface area contributed by atoms with Crippen LogP contribution in [0.4, 0.5) is 5.69 Å². The van der Waals surface area contributed by atoms with Gasteiger partial charge in [0.05, 0.1) is 11.4 Å². The summed E-state index contributed by atoms with van der Waals surface area (Å²) in [5.74, 6) is 0.278. The van der Waals surface area contributed by atoms with Gasteiger partial charge in [-0.1, -0.05) is 12.1 Å². The second-order valence-corrected chi connectivity index (χ2v) is 6.04. The molecule has 1 aromatic carbocycles. The summed E-state index contributed by atoms with van der Waals surface area (Å²) in [7, 11) is -3.05. The number of sulfonamides is 1. The van der Waals surface area contributed by atoms with Gasteiger partial charge in [-0.3, -0.25) is 4.31 Å². The Labute approximate surface area is 90.8 Å². The first-order chi connectivity index (χ1) is 7.00. The van der Waals surface area contributed by atoms with Gasteiger partial charge in [0.25, 0.3) is 0 Å². The van der Waals surface area contributed by atoms with E-state index in [1.807, 2.05) is 32.0 Å². The summed E-state index contributed by atoms with van der Waals surface area (Å²) in [5.41, 5.74) is 2.95. The normalized spacial score (nSPS) is 19.5. The topological polar surface area (TPSA) is 37.4 Å². The molecule has 0 atom stereocenters. The quantitative estimate of drug-likeness (QED) is 0.731. The third-order valence-electron chi connectivity index (χ3n) is 2.73. The molecule has 1 aliphatic heterocycles. The largest absolute Gasteiger partial charge is 0.270 e. The van der Waals surface area contributed by atoms with Gasteiger partial charge in [0.1, 0.15) is 0 Å². The molecule has 82 valence electrons. The summed E-state index contributed by atoms with van der Waals surface area (Å²) in [4.78, 5) is 0. The number of hydrogen-bond donors (Lipinski definition) is 0. The van der Waals surface area contributed by atoms with E-state index >= 15 is 0 Å². The minimum absolute atomic E-state index is 0.278. The van der Waals surface area contributed by atoms with Crippen molar-refractivity contribution in [1.29, 1.82) is 0 Å². The molecule has 0 radical (unpaired) electrons. The smallest absolute Gasteiger partial charge is 0.235 e. The Morgan fingerprint density at radius 1 is 1.27 bits per heavy atom. The zero-order chi connectivity index (χ0) is 11.1. The van der Waals surface area contributed by atoms with E-state index in [4.69, 9.17) is 0 Å². The SMILES string of the molecule is Cc1ccc(C)c(N2CCCS2(=O)=O)c1. The molecule has 0 aliphatic carbocycles. The molecule has 15 heavy (non-hydrogen) atoms. The Morgan fingerprint density at radius 3 is 2.60 bits per heavy atom. The average Bonchev–Trinajstić information content (AvgIpc) is 2.50. The van der Waals surface area contributed by atoms with Gasteiger partial charge in [-0.25, -0.2) is 8.42 Å². The molecule has 2 rings (SSSR count).